The number of aromatic nitrogens is 2. The van der Waals surface area contributed by atoms with E-state index in [0.717, 1.165) is 44.6 Å². The molecule has 48 heavy (non-hydrogen) atoms. The fraction of sp³-hybridized carbons (Fsp3) is 0. The van der Waals surface area contributed by atoms with Gasteiger partial charge in [-0.15, -0.1) is 4.91 Å². The minimum absolute atomic E-state index is 0.283. The number of para-hydroxylation sites is 4. The second kappa shape index (κ2) is 10.9. The van der Waals surface area contributed by atoms with Gasteiger partial charge in [0.15, 0.2) is 0 Å². The van der Waals surface area contributed by atoms with Crippen LogP contribution in [0.5, 0.6) is 0 Å². The molecule has 0 spiro atoms. The van der Waals surface area contributed by atoms with Gasteiger partial charge < -0.3 is 9.13 Å². The molecule has 0 amide bonds. The van der Waals surface area contributed by atoms with Crippen molar-refractivity contribution < 1.29 is 0 Å². The summed E-state index contributed by atoms with van der Waals surface area (Å²) in [6.45, 7) is 0. The lowest BCUT2D eigenvalue weighted by Crippen LogP contribution is -1.96. The third-order valence-electron chi connectivity index (χ3n) is 9.35. The van der Waals surface area contributed by atoms with Gasteiger partial charge in [-0.3, -0.25) is 0 Å². The molecular formula is C43H26N4O. The fourth-order valence-electron chi connectivity index (χ4n) is 7.25. The maximum Gasteiger partial charge on any atom is 0.116 e. The van der Waals surface area contributed by atoms with Crippen LogP contribution in [0.15, 0.2) is 163 Å². The molecule has 7 aromatic carbocycles. The number of benzene rings is 7. The van der Waals surface area contributed by atoms with Crippen molar-refractivity contribution in [2.75, 3.05) is 0 Å². The fourth-order valence-corrected chi connectivity index (χ4v) is 7.25. The number of nitriles is 1. The van der Waals surface area contributed by atoms with Crippen LogP contribution in [0.25, 0.3) is 77.2 Å². The summed E-state index contributed by atoms with van der Waals surface area (Å²) in [6, 6.07) is 55.6. The average molecular weight is 615 g/mol. The van der Waals surface area contributed by atoms with Crippen molar-refractivity contribution in [3.63, 3.8) is 0 Å². The van der Waals surface area contributed by atoms with Crippen LogP contribution in [0.1, 0.15) is 5.56 Å². The number of nitroso groups, excluding NO2 is 1. The van der Waals surface area contributed by atoms with Crippen molar-refractivity contribution in [2.24, 2.45) is 5.18 Å². The summed E-state index contributed by atoms with van der Waals surface area (Å²) >= 11 is 0. The Morgan fingerprint density at radius 2 is 0.875 bits per heavy atom. The van der Waals surface area contributed by atoms with Crippen LogP contribution in [-0.4, -0.2) is 9.13 Å². The zero-order valence-electron chi connectivity index (χ0n) is 25.7. The van der Waals surface area contributed by atoms with Gasteiger partial charge in [0.25, 0.3) is 0 Å². The van der Waals surface area contributed by atoms with E-state index in [4.69, 9.17) is 0 Å². The molecule has 0 radical (unpaired) electrons. The number of nitrogens with zero attached hydrogens (tertiary/aromatic N) is 4. The minimum atomic E-state index is 0.283. The third-order valence-corrected chi connectivity index (χ3v) is 9.35. The SMILES string of the molecule is N#Cc1cc(-c2cccc(-n3c4ccccc4c4ccccc43)c2)c(N=O)cc1-c1cccc(-n2c3ccccc3c3ccccc32)c1. The van der Waals surface area contributed by atoms with Crippen LogP contribution >= 0.6 is 0 Å². The average Bonchev–Trinajstić information content (AvgIpc) is 3.67. The van der Waals surface area contributed by atoms with Crippen molar-refractivity contribution in [1.29, 1.82) is 5.26 Å². The molecule has 0 N–H and O–H groups in total. The van der Waals surface area contributed by atoms with Gasteiger partial charge in [-0.2, -0.15) is 5.26 Å². The minimum Gasteiger partial charge on any atom is -0.309 e. The molecular weight excluding hydrogens is 589 g/mol. The van der Waals surface area contributed by atoms with Crippen LogP contribution in [0.2, 0.25) is 0 Å². The lowest BCUT2D eigenvalue weighted by atomic mass is 9.93. The van der Waals surface area contributed by atoms with Gasteiger partial charge in [-0.05, 0) is 77.0 Å². The van der Waals surface area contributed by atoms with Crippen LogP contribution < -0.4 is 0 Å². The first-order valence-corrected chi connectivity index (χ1v) is 15.8. The highest BCUT2D eigenvalue weighted by atomic mass is 16.3. The molecule has 0 atom stereocenters. The predicted molar refractivity (Wildman–Crippen MR) is 196 cm³/mol. The molecule has 0 aliphatic heterocycles. The van der Waals surface area contributed by atoms with Gasteiger partial charge >= 0.3 is 0 Å². The molecule has 5 nitrogen and oxygen atoms in total. The molecule has 5 heteroatoms. The Kier molecular flexibility index (Phi) is 6.28. The maximum atomic E-state index is 12.5. The van der Waals surface area contributed by atoms with Crippen molar-refractivity contribution in [2.45, 2.75) is 0 Å². The van der Waals surface area contributed by atoms with Crippen LogP contribution in [-0.2, 0) is 0 Å². The third kappa shape index (κ3) is 4.17. The van der Waals surface area contributed by atoms with Crippen LogP contribution in [0.4, 0.5) is 5.69 Å². The molecule has 0 saturated heterocycles. The summed E-state index contributed by atoms with van der Waals surface area (Å²) in [5.74, 6) is 0. The van der Waals surface area contributed by atoms with Gasteiger partial charge in [0.1, 0.15) is 5.69 Å². The highest BCUT2D eigenvalue weighted by Crippen LogP contribution is 2.40. The second-order valence-electron chi connectivity index (χ2n) is 12.0. The first-order valence-electron chi connectivity index (χ1n) is 15.8. The first kappa shape index (κ1) is 27.5. The highest BCUT2D eigenvalue weighted by molar-refractivity contribution is 6.10. The second-order valence-corrected chi connectivity index (χ2v) is 12.0. The molecule has 0 aliphatic rings. The molecule has 0 saturated carbocycles. The number of hydrogen-bond acceptors (Lipinski definition) is 3. The summed E-state index contributed by atoms with van der Waals surface area (Å²) in [5, 5.41) is 18.6. The van der Waals surface area contributed by atoms with Crippen molar-refractivity contribution in [1.82, 2.24) is 9.13 Å². The van der Waals surface area contributed by atoms with E-state index in [1.165, 1.54) is 21.5 Å². The normalized spacial score (nSPS) is 11.4. The van der Waals surface area contributed by atoms with E-state index in [9.17, 15) is 10.2 Å². The zero-order chi connectivity index (χ0) is 32.2. The molecule has 2 aromatic heterocycles. The van der Waals surface area contributed by atoms with E-state index in [0.29, 0.717) is 16.7 Å². The highest BCUT2D eigenvalue weighted by Gasteiger charge is 2.18. The lowest BCUT2D eigenvalue weighted by Gasteiger charge is -2.14. The summed E-state index contributed by atoms with van der Waals surface area (Å²) in [6.07, 6.45) is 0. The summed E-state index contributed by atoms with van der Waals surface area (Å²) in [4.78, 5) is 12.5. The Bertz CT molecular complexity index is 2670. The molecule has 0 unspecified atom stereocenters. The smallest absolute Gasteiger partial charge is 0.116 e. The largest absolute Gasteiger partial charge is 0.309 e. The Morgan fingerprint density at radius 3 is 1.29 bits per heavy atom. The number of fused-ring (bicyclic) bond motifs is 6. The summed E-state index contributed by atoms with van der Waals surface area (Å²) in [7, 11) is 0. The quantitative estimate of drug-likeness (QED) is 0.181. The van der Waals surface area contributed by atoms with Crippen molar-refractivity contribution >= 4 is 49.3 Å². The number of hydrogen-bond donors (Lipinski definition) is 0. The van der Waals surface area contributed by atoms with Crippen molar-refractivity contribution in [3.8, 4) is 39.7 Å². The van der Waals surface area contributed by atoms with E-state index in [1.807, 2.05) is 48.5 Å². The van der Waals surface area contributed by atoms with E-state index >= 15 is 0 Å². The molecule has 9 aromatic rings. The molecule has 2 heterocycles. The van der Waals surface area contributed by atoms with E-state index < -0.39 is 0 Å². The molecule has 224 valence electrons. The van der Waals surface area contributed by atoms with Crippen molar-refractivity contribution in [3.05, 3.63) is 168 Å². The zero-order valence-corrected chi connectivity index (χ0v) is 25.7. The topological polar surface area (TPSA) is 63.1 Å². The van der Waals surface area contributed by atoms with E-state index in [1.54, 1.807) is 12.1 Å². The predicted octanol–water partition coefficient (Wildman–Crippen LogP) is 11.5. The summed E-state index contributed by atoms with van der Waals surface area (Å²) < 4.78 is 4.48. The Balaban J connectivity index is 1.19. The Labute approximate surface area is 276 Å². The van der Waals surface area contributed by atoms with Gasteiger partial charge in [-0.25, -0.2) is 0 Å². The summed E-state index contributed by atoms with van der Waals surface area (Å²) in [5.41, 5.74) is 10.0. The Morgan fingerprint density at radius 1 is 0.458 bits per heavy atom. The lowest BCUT2D eigenvalue weighted by molar-refractivity contribution is 1.18. The monoisotopic (exact) mass is 614 g/mol. The molecule has 0 bridgehead atoms. The van der Waals surface area contributed by atoms with E-state index in [2.05, 4.69) is 117 Å². The van der Waals surface area contributed by atoms with E-state index in [-0.39, 0.29) is 5.69 Å². The molecule has 0 aliphatic carbocycles. The standard InChI is InChI=1S/C43H26N4O/c44-27-30-25-38(29-12-10-14-32(24-29)47-42-21-7-3-17-35(42)36-18-4-8-22-43(36)47)39(45-48)26-37(30)28-11-9-13-31(23-28)46-40-19-5-1-15-33(40)34-16-2-6-20-41(34)46/h1-26H. The number of rotatable bonds is 5. The van der Waals surface area contributed by atoms with Gasteiger partial charge in [-0.1, -0.05) is 97.1 Å². The molecule has 0 fully saturated rings. The molecule has 9 rings (SSSR count). The van der Waals surface area contributed by atoms with Crippen LogP contribution in [0, 0.1) is 16.2 Å². The first-order chi connectivity index (χ1) is 23.7. The van der Waals surface area contributed by atoms with Crippen LogP contribution in [0.3, 0.4) is 0 Å². The Hall–Kier alpha value is -6.77. The van der Waals surface area contributed by atoms with Gasteiger partial charge in [0.05, 0.1) is 33.7 Å². The maximum absolute atomic E-state index is 12.5. The van der Waals surface area contributed by atoms with Gasteiger partial charge in [0.2, 0.25) is 0 Å². The van der Waals surface area contributed by atoms with Gasteiger partial charge in [0, 0.05) is 44.0 Å².